The summed E-state index contributed by atoms with van der Waals surface area (Å²) < 4.78 is 0. The highest BCUT2D eigenvalue weighted by Crippen LogP contribution is 1.96. The number of urea groups is 1. The summed E-state index contributed by atoms with van der Waals surface area (Å²) >= 11 is 0. The Bertz CT molecular complexity index is 498. The summed E-state index contributed by atoms with van der Waals surface area (Å²) in [6.45, 7) is 6.35. The standard InChI is InChI=1S/C16H24N4O2/c1-13(20-10-8-19(2)9-11-20)15(21)18-16(22)17-12-14-6-4-3-5-7-14/h3-7,13H,8-12H2,1-2H3,(H2,17,18,21,22)/p+2/t13-/m0/s1. The Kier molecular flexibility index (Phi) is 5.91. The Morgan fingerprint density at radius 1 is 1.14 bits per heavy atom. The van der Waals surface area contributed by atoms with E-state index in [0.717, 1.165) is 31.7 Å². The van der Waals surface area contributed by atoms with E-state index in [1.54, 1.807) is 0 Å². The van der Waals surface area contributed by atoms with Crippen molar-refractivity contribution >= 4 is 11.9 Å². The predicted molar refractivity (Wildman–Crippen MR) is 83.6 cm³/mol. The number of piperazine rings is 1. The van der Waals surface area contributed by atoms with Crippen molar-refractivity contribution in [1.29, 1.82) is 0 Å². The molecule has 1 aromatic rings. The summed E-state index contributed by atoms with van der Waals surface area (Å²) in [5.74, 6) is -0.208. The summed E-state index contributed by atoms with van der Waals surface area (Å²) in [7, 11) is 2.17. The molecule has 120 valence electrons. The van der Waals surface area contributed by atoms with Gasteiger partial charge >= 0.3 is 6.03 Å². The summed E-state index contributed by atoms with van der Waals surface area (Å²) in [5, 5.41) is 5.15. The fraction of sp³-hybridized carbons (Fsp3) is 0.500. The van der Waals surface area contributed by atoms with Gasteiger partial charge in [-0.2, -0.15) is 0 Å². The van der Waals surface area contributed by atoms with E-state index in [-0.39, 0.29) is 11.9 Å². The predicted octanol–water partition coefficient (Wildman–Crippen LogP) is -2.19. The smallest absolute Gasteiger partial charge is 0.321 e. The minimum absolute atomic E-state index is 0.199. The van der Waals surface area contributed by atoms with E-state index in [1.165, 1.54) is 9.80 Å². The normalized spacial score (nSPS) is 22.6. The molecule has 0 aromatic heterocycles. The summed E-state index contributed by atoms with van der Waals surface area (Å²) in [4.78, 5) is 26.7. The molecular formula is C16H26N4O2+2. The summed E-state index contributed by atoms with van der Waals surface area (Å²) in [5.41, 5.74) is 1.01. The monoisotopic (exact) mass is 306 g/mol. The molecule has 1 atom stereocenters. The molecule has 1 aliphatic heterocycles. The molecule has 1 aromatic carbocycles. The van der Waals surface area contributed by atoms with Crippen molar-refractivity contribution in [3.63, 3.8) is 0 Å². The highest BCUT2D eigenvalue weighted by Gasteiger charge is 2.30. The van der Waals surface area contributed by atoms with Gasteiger partial charge in [-0.1, -0.05) is 30.3 Å². The highest BCUT2D eigenvalue weighted by atomic mass is 16.2. The van der Waals surface area contributed by atoms with Crippen LogP contribution >= 0.6 is 0 Å². The van der Waals surface area contributed by atoms with Crippen LogP contribution in [0.3, 0.4) is 0 Å². The number of nitrogens with one attached hydrogen (secondary N) is 4. The topological polar surface area (TPSA) is 67.1 Å². The van der Waals surface area contributed by atoms with Crippen molar-refractivity contribution in [3.05, 3.63) is 35.9 Å². The number of amides is 3. The second kappa shape index (κ2) is 7.91. The number of rotatable bonds is 4. The van der Waals surface area contributed by atoms with Crippen LogP contribution in [-0.4, -0.2) is 51.2 Å². The molecule has 1 saturated heterocycles. The lowest BCUT2D eigenvalue weighted by Gasteiger charge is -2.30. The zero-order chi connectivity index (χ0) is 15.9. The van der Waals surface area contributed by atoms with Crippen molar-refractivity contribution in [3.8, 4) is 0 Å². The van der Waals surface area contributed by atoms with E-state index in [0.29, 0.717) is 6.54 Å². The molecule has 0 radical (unpaired) electrons. The maximum atomic E-state index is 12.1. The Balaban J connectivity index is 1.74. The van der Waals surface area contributed by atoms with Gasteiger partial charge in [-0.15, -0.1) is 0 Å². The van der Waals surface area contributed by atoms with Crippen LogP contribution in [0.5, 0.6) is 0 Å². The number of imide groups is 1. The number of quaternary nitrogens is 2. The Hall–Kier alpha value is -1.92. The zero-order valence-electron chi connectivity index (χ0n) is 13.3. The van der Waals surface area contributed by atoms with E-state index >= 15 is 0 Å². The average molecular weight is 306 g/mol. The maximum absolute atomic E-state index is 12.1. The van der Waals surface area contributed by atoms with Gasteiger partial charge in [-0.3, -0.25) is 10.1 Å². The van der Waals surface area contributed by atoms with Crippen LogP contribution in [-0.2, 0) is 11.3 Å². The molecule has 0 bridgehead atoms. The van der Waals surface area contributed by atoms with Crippen molar-refractivity contribution < 1.29 is 19.4 Å². The first-order valence-electron chi connectivity index (χ1n) is 7.84. The van der Waals surface area contributed by atoms with Gasteiger partial charge in [-0.25, -0.2) is 4.79 Å². The van der Waals surface area contributed by atoms with Gasteiger partial charge in [0.2, 0.25) is 0 Å². The summed E-state index contributed by atoms with van der Waals surface area (Å²) in [6.07, 6.45) is 0. The van der Waals surface area contributed by atoms with Crippen LogP contribution in [0.4, 0.5) is 4.79 Å². The van der Waals surface area contributed by atoms with Gasteiger partial charge in [0.05, 0.1) is 7.05 Å². The van der Waals surface area contributed by atoms with Crippen LogP contribution in [0, 0.1) is 0 Å². The van der Waals surface area contributed by atoms with Gasteiger partial charge in [0, 0.05) is 6.54 Å². The Morgan fingerprint density at radius 3 is 2.41 bits per heavy atom. The molecule has 1 fully saturated rings. The molecule has 1 aliphatic rings. The molecule has 1 heterocycles. The SMILES string of the molecule is C[C@@H](C(=O)NC(=O)NCc1ccccc1)[NH+]1CC[NH+](C)CC1. The number of carbonyl (C=O) groups is 2. The summed E-state index contributed by atoms with van der Waals surface area (Å²) in [6, 6.07) is 9.00. The van der Waals surface area contributed by atoms with Crippen LogP contribution in [0.15, 0.2) is 30.3 Å². The van der Waals surface area contributed by atoms with Crippen LogP contribution in [0.25, 0.3) is 0 Å². The molecule has 0 spiro atoms. The van der Waals surface area contributed by atoms with Crippen molar-refractivity contribution in [2.75, 3.05) is 33.2 Å². The Morgan fingerprint density at radius 2 is 1.77 bits per heavy atom. The molecule has 0 unspecified atom stereocenters. The van der Waals surface area contributed by atoms with Crippen molar-refractivity contribution in [2.24, 2.45) is 0 Å². The second-order valence-corrected chi connectivity index (χ2v) is 5.99. The lowest BCUT2D eigenvalue weighted by Crippen LogP contribution is -3.29. The molecule has 2 rings (SSSR count). The second-order valence-electron chi connectivity index (χ2n) is 5.99. The molecular weight excluding hydrogens is 280 g/mol. The number of carbonyl (C=O) groups excluding carboxylic acids is 2. The van der Waals surface area contributed by atoms with Crippen LogP contribution in [0.1, 0.15) is 12.5 Å². The molecule has 3 amide bonds. The molecule has 6 heteroatoms. The maximum Gasteiger partial charge on any atom is 0.321 e. The first-order chi connectivity index (χ1) is 10.6. The third-order valence-corrected chi connectivity index (χ3v) is 4.28. The third-order valence-electron chi connectivity index (χ3n) is 4.28. The minimum Gasteiger partial charge on any atom is -0.334 e. The van der Waals surface area contributed by atoms with Gasteiger partial charge in [0.1, 0.15) is 26.2 Å². The highest BCUT2D eigenvalue weighted by molar-refractivity contribution is 5.96. The first kappa shape index (κ1) is 16.5. The van der Waals surface area contributed by atoms with Gasteiger partial charge in [0.25, 0.3) is 5.91 Å². The van der Waals surface area contributed by atoms with Crippen molar-refractivity contribution in [2.45, 2.75) is 19.5 Å². The number of likely N-dealkylation sites (N-methyl/N-ethyl adjacent to an activating group) is 1. The quantitative estimate of drug-likeness (QED) is 0.511. The van der Waals surface area contributed by atoms with Crippen LogP contribution < -0.4 is 20.4 Å². The van der Waals surface area contributed by atoms with Crippen LogP contribution in [0.2, 0.25) is 0 Å². The molecule has 22 heavy (non-hydrogen) atoms. The molecule has 0 aliphatic carbocycles. The number of hydrogen-bond acceptors (Lipinski definition) is 2. The van der Waals surface area contributed by atoms with E-state index in [2.05, 4.69) is 17.7 Å². The fourth-order valence-corrected chi connectivity index (χ4v) is 2.66. The number of benzene rings is 1. The van der Waals surface area contributed by atoms with Gasteiger partial charge < -0.3 is 15.1 Å². The van der Waals surface area contributed by atoms with E-state index in [9.17, 15) is 9.59 Å². The fourth-order valence-electron chi connectivity index (χ4n) is 2.66. The molecule has 6 nitrogen and oxygen atoms in total. The minimum atomic E-state index is -0.431. The lowest BCUT2D eigenvalue weighted by atomic mass is 10.2. The van der Waals surface area contributed by atoms with Gasteiger partial charge in [-0.05, 0) is 12.5 Å². The molecule has 4 N–H and O–H groups in total. The van der Waals surface area contributed by atoms with E-state index in [4.69, 9.17) is 0 Å². The largest absolute Gasteiger partial charge is 0.334 e. The first-order valence-corrected chi connectivity index (χ1v) is 7.84. The number of hydrogen-bond donors (Lipinski definition) is 4. The van der Waals surface area contributed by atoms with E-state index in [1.807, 2.05) is 37.3 Å². The van der Waals surface area contributed by atoms with Gasteiger partial charge in [0.15, 0.2) is 6.04 Å². The third kappa shape index (κ3) is 4.82. The molecule has 0 saturated carbocycles. The lowest BCUT2D eigenvalue weighted by molar-refractivity contribution is -1.01. The Labute approximate surface area is 131 Å². The van der Waals surface area contributed by atoms with Crippen molar-refractivity contribution in [1.82, 2.24) is 10.6 Å². The average Bonchev–Trinajstić information content (AvgIpc) is 2.54. The van der Waals surface area contributed by atoms with E-state index < -0.39 is 6.03 Å². The zero-order valence-corrected chi connectivity index (χ0v) is 13.3.